The number of aryl methyl sites for hydroxylation is 1. The molecular formula is C20H17F3N6O2. The molecule has 2 heterocycles. The molecule has 0 fully saturated rings. The van der Waals surface area contributed by atoms with E-state index >= 15 is 0 Å². The molecule has 0 bridgehead atoms. The van der Waals surface area contributed by atoms with Crippen molar-refractivity contribution < 1.29 is 22.8 Å². The number of imidazole rings is 2. The number of fused-ring (bicyclic) bond motifs is 2. The average Bonchev–Trinajstić information content (AvgIpc) is 3.25. The number of carbonyl (C=O) groups excluding carboxylic acids is 2. The number of hydrazine groups is 1. The molecule has 0 unspecified atom stereocenters. The van der Waals surface area contributed by atoms with E-state index in [0.717, 1.165) is 15.6 Å². The highest BCUT2D eigenvalue weighted by atomic mass is 19.4. The standard InChI is InChI=1S/C20H17F3N6O2/c1-28-14-8-4-2-6-12(14)24-16(28)10-17(30)26-27-18(31)11-29-15-9-5-3-7-13(15)25-19(29)20(21,22)23/h2-9H,10-11H2,1H3,(H,26,30)(H,27,31). The van der Waals surface area contributed by atoms with Gasteiger partial charge in [-0.1, -0.05) is 24.3 Å². The van der Waals surface area contributed by atoms with Crippen LogP contribution >= 0.6 is 0 Å². The third-order valence-corrected chi connectivity index (χ3v) is 4.75. The first kappa shape index (κ1) is 20.4. The lowest BCUT2D eigenvalue weighted by Crippen LogP contribution is -2.44. The Hall–Kier alpha value is -3.89. The first-order valence-electron chi connectivity index (χ1n) is 9.24. The van der Waals surface area contributed by atoms with Gasteiger partial charge in [0.2, 0.25) is 11.7 Å². The molecule has 0 radical (unpaired) electrons. The van der Waals surface area contributed by atoms with E-state index in [1.54, 1.807) is 23.7 Å². The van der Waals surface area contributed by atoms with Crippen molar-refractivity contribution in [3.63, 3.8) is 0 Å². The summed E-state index contributed by atoms with van der Waals surface area (Å²) in [6, 6.07) is 13.3. The number of para-hydroxylation sites is 4. The minimum Gasteiger partial charge on any atom is -0.331 e. The first-order chi connectivity index (χ1) is 14.7. The Bertz CT molecular complexity index is 1290. The molecule has 2 aromatic heterocycles. The smallest absolute Gasteiger partial charge is 0.331 e. The van der Waals surface area contributed by atoms with E-state index in [1.807, 2.05) is 24.3 Å². The number of carbonyl (C=O) groups is 2. The van der Waals surface area contributed by atoms with Crippen molar-refractivity contribution in [3.05, 3.63) is 60.2 Å². The van der Waals surface area contributed by atoms with Crippen LogP contribution in [0.5, 0.6) is 0 Å². The molecule has 31 heavy (non-hydrogen) atoms. The van der Waals surface area contributed by atoms with Crippen LogP contribution in [0.3, 0.4) is 0 Å². The van der Waals surface area contributed by atoms with E-state index in [2.05, 4.69) is 20.8 Å². The SMILES string of the molecule is Cn1c(CC(=O)NNC(=O)Cn2c(C(F)(F)F)nc3ccccc32)nc2ccccc21. The number of hydrogen-bond acceptors (Lipinski definition) is 4. The molecule has 4 rings (SSSR count). The van der Waals surface area contributed by atoms with Gasteiger partial charge in [-0.3, -0.25) is 20.4 Å². The van der Waals surface area contributed by atoms with Gasteiger partial charge >= 0.3 is 6.18 Å². The number of rotatable bonds is 4. The lowest BCUT2D eigenvalue weighted by atomic mass is 10.3. The predicted octanol–water partition coefficient (Wildman–Crippen LogP) is 2.33. The Morgan fingerprint density at radius 2 is 1.48 bits per heavy atom. The van der Waals surface area contributed by atoms with Gasteiger partial charge in [0.25, 0.3) is 5.91 Å². The maximum atomic E-state index is 13.3. The molecule has 8 nitrogen and oxygen atoms in total. The second-order valence-electron chi connectivity index (χ2n) is 6.86. The average molecular weight is 430 g/mol. The van der Waals surface area contributed by atoms with E-state index in [1.165, 1.54) is 12.1 Å². The monoisotopic (exact) mass is 430 g/mol. The van der Waals surface area contributed by atoms with Crippen LogP contribution in [-0.4, -0.2) is 30.9 Å². The first-order valence-corrected chi connectivity index (χ1v) is 9.24. The number of aromatic nitrogens is 4. The Labute approximate surface area is 173 Å². The van der Waals surface area contributed by atoms with E-state index in [9.17, 15) is 22.8 Å². The second kappa shape index (κ2) is 7.74. The van der Waals surface area contributed by atoms with Crippen molar-refractivity contribution in [3.8, 4) is 0 Å². The van der Waals surface area contributed by atoms with Crippen LogP contribution in [0, 0.1) is 0 Å². The van der Waals surface area contributed by atoms with Gasteiger partial charge in [-0.25, -0.2) is 9.97 Å². The second-order valence-corrected chi connectivity index (χ2v) is 6.86. The van der Waals surface area contributed by atoms with Gasteiger partial charge in [0.05, 0.1) is 28.5 Å². The van der Waals surface area contributed by atoms with Gasteiger partial charge in [0.1, 0.15) is 12.4 Å². The Morgan fingerprint density at radius 1 is 0.903 bits per heavy atom. The summed E-state index contributed by atoms with van der Waals surface area (Å²) in [5, 5.41) is 0. The summed E-state index contributed by atoms with van der Waals surface area (Å²) >= 11 is 0. The molecule has 2 amide bonds. The van der Waals surface area contributed by atoms with E-state index < -0.39 is 30.4 Å². The molecule has 0 saturated carbocycles. The number of halogens is 3. The van der Waals surface area contributed by atoms with Crippen molar-refractivity contribution in [1.29, 1.82) is 0 Å². The number of nitrogens with zero attached hydrogens (tertiary/aromatic N) is 4. The van der Waals surface area contributed by atoms with Crippen molar-refractivity contribution in [1.82, 2.24) is 30.0 Å². The van der Waals surface area contributed by atoms with E-state index in [-0.39, 0.29) is 17.5 Å². The Morgan fingerprint density at radius 3 is 2.13 bits per heavy atom. The van der Waals surface area contributed by atoms with Crippen molar-refractivity contribution in [2.45, 2.75) is 19.1 Å². The molecule has 11 heteroatoms. The van der Waals surface area contributed by atoms with Crippen LogP contribution in [0.1, 0.15) is 11.6 Å². The maximum absolute atomic E-state index is 13.3. The Kier molecular flexibility index (Phi) is 5.09. The van der Waals surface area contributed by atoms with Crippen LogP contribution in [0.2, 0.25) is 0 Å². The van der Waals surface area contributed by atoms with Gasteiger partial charge in [-0.15, -0.1) is 0 Å². The van der Waals surface area contributed by atoms with Crippen LogP contribution in [0.15, 0.2) is 48.5 Å². The topological polar surface area (TPSA) is 93.8 Å². The van der Waals surface area contributed by atoms with Gasteiger partial charge in [-0.05, 0) is 24.3 Å². The fraction of sp³-hybridized carbons (Fsp3) is 0.200. The van der Waals surface area contributed by atoms with Crippen molar-refractivity contribution >= 4 is 33.9 Å². The quantitative estimate of drug-likeness (QED) is 0.486. The number of alkyl halides is 3. The summed E-state index contributed by atoms with van der Waals surface area (Å²) in [6.07, 6.45) is -4.85. The number of nitrogens with one attached hydrogen (secondary N) is 2. The summed E-state index contributed by atoms with van der Waals surface area (Å²) in [5.41, 5.74) is 6.22. The summed E-state index contributed by atoms with van der Waals surface area (Å²) < 4.78 is 42.5. The molecule has 160 valence electrons. The molecule has 0 atom stereocenters. The normalized spacial score (nSPS) is 11.7. The number of amides is 2. The van der Waals surface area contributed by atoms with Crippen LogP contribution in [0.4, 0.5) is 13.2 Å². The molecule has 2 N–H and O–H groups in total. The summed E-state index contributed by atoms with van der Waals surface area (Å²) in [4.78, 5) is 32.4. The van der Waals surface area contributed by atoms with Crippen LogP contribution in [0.25, 0.3) is 22.1 Å². The highest BCUT2D eigenvalue weighted by Crippen LogP contribution is 2.31. The third kappa shape index (κ3) is 4.06. The summed E-state index contributed by atoms with van der Waals surface area (Å²) in [6.45, 7) is -0.665. The zero-order valence-corrected chi connectivity index (χ0v) is 16.3. The molecule has 0 spiro atoms. The zero-order chi connectivity index (χ0) is 22.2. The van der Waals surface area contributed by atoms with Crippen LogP contribution in [-0.2, 0) is 35.8 Å². The molecule has 2 aromatic carbocycles. The fourth-order valence-corrected chi connectivity index (χ4v) is 3.32. The van der Waals surface area contributed by atoms with Crippen molar-refractivity contribution in [2.75, 3.05) is 0 Å². The minimum absolute atomic E-state index is 0.118. The van der Waals surface area contributed by atoms with Gasteiger partial charge < -0.3 is 9.13 Å². The lowest BCUT2D eigenvalue weighted by Gasteiger charge is -2.12. The van der Waals surface area contributed by atoms with E-state index in [0.29, 0.717) is 5.82 Å². The zero-order valence-electron chi connectivity index (χ0n) is 16.3. The molecule has 0 aliphatic heterocycles. The van der Waals surface area contributed by atoms with Gasteiger partial charge in [0, 0.05) is 7.05 Å². The minimum atomic E-state index is -4.73. The third-order valence-electron chi connectivity index (χ3n) is 4.75. The number of hydrogen-bond donors (Lipinski definition) is 2. The van der Waals surface area contributed by atoms with Crippen molar-refractivity contribution in [2.24, 2.45) is 7.05 Å². The van der Waals surface area contributed by atoms with Gasteiger partial charge in [0.15, 0.2) is 0 Å². The predicted molar refractivity (Wildman–Crippen MR) is 105 cm³/mol. The maximum Gasteiger partial charge on any atom is 0.449 e. The lowest BCUT2D eigenvalue weighted by molar-refractivity contribution is -0.147. The molecule has 0 aliphatic rings. The Balaban J connectivity index is 1.44. The largest absolute Gasteiger partial charge is 0.449 e. The highest BCUT2D eigenvalue weighted by molar-refractivity contribution is 5.85. The summed E-state index contributed by atoms with van der Waals surface area (Å²) in [7, 11) is 1.76. The molecule has 4 aromatic rings. The molecular weight excluding hydrogens is 413 g/mol. The van der Waals surface area contributed by atoms with Gasteiger partial charge in [-0.2, -0.15) is 13.2 Å². The van der Waals surface area contributed by atoms with E-state index in [4.69, 9.17) is 0 Å². The van der Waals surface area contributed by atoms with Crippen LogP contribution < -0.4 is 10.9 Å². The summed E-state index contributed by atoms with van der Waals surface area (Å²) in [5.74, 6) is -2.09. The molecule has 0 saturated heterocycles. The number of benzene rings is 2. The molecule has 0 aliphatic carbocycles. The highest BCUT2D eigenvalue weighted by Gasteiger charge is 2.38. The fourth-order valence-electron chi connectivity index (χ4n) is 3.32.